The molecular weight excluding hydrogens is 420 g/mol. The van der Waals surface area contributed by atoms with Crippen molar-refractivity contribution in [3.63, 3.8) is 0 Å². The summed E-state index contributed by atoms with van der Waals surface area (Å²) in [5.74, 6) is 1.17. The van der Waals surface area contributed by atoms with Gasteiger partial charge in [0.25, 0.3) is 0 Å². The fourth-order valence-electron chi connectivity index (χ4n) is 1.83. The van der Waals surface area contributed by atoms with Crippen molar-refractivity contribution in [1.29, 1.82) is 0 Å². The van der Waals surface area contributed by atoms with Crippen LogP contribution in [0.15, 0.2) is 31.8 Å². The number of benzene rings is 1. The molecule has 0 saturated heterocycles. The summed E-state index contributed by atoms with van der Waals surface area (Å²) in [5.41, 5.74) is 1.21. The molecule has 0 radical (unpaired) electrons. The van der Waals surface area contributed by atoms with Gasteiger partial charge in [-0.05, 0) is 63.9 Å². The number of ether oxygens (including phenoxy) is 2. The summed E-state index contributed by atoms with van der Waals surface area (Å²) in [6.07, 6.45) is 0. The van der Waals surface area contributed by atoms with Gasteiger partial charge in [0.1, 0.15) is 0 Å². The minimum atomic E-state index is -0.0483. The minimum absolute atomic E-state index is 0.0483. The summed E-state index contributed by atoms with van der Waals surface area (Å²) < 4.78 is 12.7. The number of hydrogen-bond donors (Lipinski definition) is 0. The van der Waals surface area contributed by atoms with E-state index in [4.69, 9.17) is 9.47 Å². The van der Waals surface area contributed by atoms with Crippen molar-refractivity contribution >= 4 is 49.0 Å². The van der Waals surface area contributed by atoms with Crippen molar-refractivity contribution in [3.05, 3.63) is 43.0 Å². The lowest BCUT2D eigenvalue weighted by Gasteiger charge is -2.13. The van der Waals surface area contributed by atoms with Crippen LogP contribution in [0.2, 0.25) is 0 Å². The normalized spacial score (nSPS) is 10.5. The molecule has 0 spiro atoms. The average molecular weight is 434 g/mol. The molecule has 3 nitrogen and oxygen atoms in total. The molecular formula is C15H14Br2O3S. The Morgan fingerprint density at radius 1 is 1.10 bits per heavy atom. The van der Waals surface area contributed by atoms with Gasteiger partial charge >= 0.3 is 0 Å². The molecule has 0 N–H and O–H groups in total. The highest BCUT2D eigenvalue weighted by Gasteiger charge is 2.18. The largest absolute Gasteiger partial charge is 0.490 e. The van der Waals surface area contributed by atoms with E-state index in [1.807, 2.05) is 25.3 Å². The lowest BCUT2D eigenvalue weighted by Crippen LogP contribution is -2.04. The second kappa shape index (κ2) is 7.42. The molecule has 112 valence electrons. The Kier molecular flexibility index (Phi) is 5.84. The Hall–Kier alpha value is -0.850. The predicted octanol–water partition coefficient (Wildman–Crippen LogP) is 5.30. The molecule has 0 fully saturated rings. The zero-order valence-corrected chi connectivity index (χ0v) is 15.6. The maximum absolute atomic E-state index is 12.6. The molecule has 0 saturated carbocycles. The van der Waals surface area contributed by atoms with E-state index in [0.717, 1.165) is 3.79 Å². The average Bonchev–Trinajstić information content (AvgIpc) is 2.88. The summed E-state index contributed by atoms with van der Waals surface area (Å²) in [7, 11) is 0. The first-order valence-electron chi connectivity index (χ1n) is 6.44. The third-order valence-corrected chi connectivity index (χ3v) is 4.87. The second-order valence-electron chi connectivity index (χ2n) is 4.11. The van der Waals surface area contributed by atoms with Crippen LogP contribution in [-0.2, 0) is 0 Å². The lowest BCUT2D eigenvalue weighted by molar-refractivity contribution is 0.103. The van der Waals surface area contributed by atoms with E-state index in [1.165, 1.54) is 11.3 Å². The predicted molar refractivity (Wildman–Crippen MR) is 91.9 cm³/mol. The molecule has 1 heterocycles. The molecule has 2 aromatic rings. The lowest BCUT2D eigenvalue weighted by atomic mass is 10.1. The number of hydrogen-bond acceptors (Lipinski definition) is 4. The van der Waals surface area contributed by atoms with Gasteiger partial charge in [0.2, 0.25) is 0 Å². The Bertz CT molecular complexity index is 652. The molecule has 0 aliphatic rings. The third kappa shape index (κ3) is 3.87. The SMILES string of the molecule is CCOc1cc(Br)c(C(=O)c2csc(Br)c2)cc1OCC. The highest BCUT2D eigenvalue weighted by molar-refractivity contribution is 9.11. The Morgan fingerprint density at radius 3 is 2.24 bits per heavy atom. The van der Waals surface area contributed by atoms with Crippen LogP contribution in [0.4, 0.5) is 0 Å². The monoisotopic (exact) mass is 432 g/mol. The standard InChI is InChI=1S/C15H14Br2O3S/c1-3-19-12-6-10(11(16)7-13(12)20-4-2)15(18)9-5-14(17)21-8-9/h5-8H,3-4H2,1-2H3. The van der Waals surface area contributed by atoms with Crippen molar-refractivity contribution in [3.8, 4) is 11.5 Å². The third-order valence-electron chi connectivity index (χ3n) is 2.71. The number of carbonyl (C=O) groups excluding carboxylic acids is 1. The van der Waals surface area contributed by atoms with Crippen molar-refractivity contribution in [2.75, 3.05) is 13.2 Å². The first kappa shape index (κ1) is 16.5. The van der Waals surface area contributed by atoms with Gasteiger partial charge in [0.15, 0.2) is 17.3 Å². The van der Waals surface area contributed by atoms with Gasteiger partial charge in [-0.3, -0.25) is 4.79 Å². The smallest absolute Gasteiger partial charge is 0.195 e. The summed E-state index contributed by atoms with van der Waals surface area (Å²) in [4.78, 5) is 12.6. The topological polar surface area (TPSA) is 35.5 Å². The van der Waals surface area contributed by atoms with Crippen molar-refractivity contribution in [1.82, 2.24) is 0 Å². The van der Waals surface area contributed by atoms with Crippen molar-refractivity contribution in [2.24, 2.45) is 0 Å². The molecule has 1 aromatic carbocycles. The van der Waals surface area contributed by atoms with Gasteiger partial charge in [-0.15, -0.1) is 11.3 Å². The second-order valence-corrected chi connectivity index (χ2v) is 7.26. The van der Waals surface area contributed by atoms with Gasteiger partial charge in [-0.25, -0.2) is 0 Å². The maximum atomic E-state index is 12.6. The zero-order valence-electron chi connectivity index (χ0n) is 11.6. The molecule has 0 aliphatic heterocycles. The summed E-state index contributed by atoms with van der Waals surface area (Å²) in [6, 6.07) is 5.33. The van der Waals surface area contributed by atoms with Gasteiger partial charge in [0.05, 0.1) is 17.0 Å². The van der Waals surface area contributed by atoms with Gasteiger partial charge < -0.3 is 9.47 Å². The van der Waals surface area contributed by atoms with Gasteiger partial charge in [0, 0.05) is 21.0 Å². The highest BCUT2D eigenvalue weighted by atomic mass is 79.9. The Morgan fingerprint density at radius 2 is 1.71 bits per heavy atom. The fourth-order valence-corrected chi connectivity index (χ4v) is 3.47. The summed E-state index contributed by atoms with van der Waals surface area (Å²) >= 11 is 8.30. The first-order valence-corrected chi connectivity index (χ1v) is 8.91. The van der Waals surface area contributed by atoms with Crippen LogP contribution >= 0.6 is 43.2 Å². The van der Waals surface area contributed by atoms with E-state index >= 15 is 0 Å². The van der Waals surface area contributed by atoms with Crippen molar-refractivity contribution in [2.45, 2.75) is 13.8 Å². The minimum Gasteiger partial charge on any atom is -0.490 e. The Labute approximate surface area is 144 Å². The first-order chi connectivity index (χ1) is 10.1. The molecule has 0 atom stereocenters. The van der Waals surface area contributed by atoms with Crippen LogP contribution in [0.1, 0.15) is 29.8 Å². The molecule has 0 aliphatic carbocycles. The molecule has 2 rings (SSSR count). The number of ketones is 1. The van der Waals surface area contributed by atoms with Crippen LogP contribution in [0.25, 0.3) is 0 Å². The van der Waals surface area contributed by atoms with Crippen LogP contribution in [0.5, 0.6) is 11.5 Å². The maximum Gasteiger partial charge on any atom is 0.195 e. The van der Waals surface area contributed by atoms with E-state index in [0.29, 0.717) is 40.3 Å². The Balaban J connectivity index is 2.43. The van der Waals surface area contributed by atoms with E-state index in [1.54, 1.807) is 12.1 Å². The van der Waals surface area contributed by atoms with Crippen LogP contribution in [-0.4, -0.2) is 19.0 Å². The van der Waals surface area contributed by atoms with E-state index in [9.17, 15) is 4.79 Å². The van der Waals surface area contributed by atoms with Crippen LogP contribution in [0.3, 0.4) is 0 Å². The fraction of sp³-hybridized carbons (Fsp3) is 0.267. The zero-order chi connectivity index (χ0) is 15.4. The highest BCUT2D eigenvalue weighted by Crippen LogP contribution is 2.35. The number of halogens is 2. The number of thiophene rings is 1. The molecule has 6 heteroatoms. The van der Waals surface area contributed by atoms with E-state index < -0.39 is 0 Å². The number of carbonyl (C=O) groups is 1. The van der Waals surface area contributed by atoms with Gasteiger partial charge in [-0.1, -0.05) is 0 Å². The molecule has 0 amide bonds. The van der Waals surface area contributed by atoms with E-state index in [-0.39, 0.29) is 5.78 Å². The van der Waals surface area contributed by atoms with Crippen LogP contribution < -0.4 is 9.47 Å². The van der Waals surface area contributed by atoms with E-state index in [2.05, 4.69) is 31.9 Å². The number of rotatable bonds is 6. The van der Waals surface area contributed by atoms with Crippen LogP contribution in [0, 0.1) is 0 Å². The van der Waals surface area contributed by atoms with Crippen molar-refractivity contribution < 1.29 is 14.3 Å². The molecule has 1 aromatic heterocycles. The summed E-state index contributed by atoms with van der Waals surface area (Å²) in [6.45, 7) is 4.86. The molecule has 0 bridgehead atoms. The summed E-state index contributed by atoms with van der Waals surface area (Å²) in [5, 5.41) is 1.83. The van der Waals surface area contributed by atoms with Gasteiger partial charge in [-0.2, -0.15) is 0 Å². The molecule has 21 heavy (non-hydrogen) atoms. The quantitative estimate of drug-likeness (QED) is 0.579. The molecule has 0 unspecified atom stereocenters.